The first-order valence-corrected chi connectivity index (χ1v) is 10.2. The van der Waals surface area contributed by atoms with Crippen LogP contribution in [0.1, 0.15) is 20.3 Å². The van der Waals surface area contributed by atoms with E-state index in [-0.39, 0.29) is 11.2 Å². The molecule has 2 aromatic carbocycles. The number of nitrogens with zero attached hydrogens (tertiary/aromatic N) is 2. The van der Waals surface area contributed by atoms with E-state index in [2.05, 4.69) is 19.4 Å². The summed E-state index contributed by atoms with van der Waals surface area (Å²) in [5.41, 5.74) is 2.91. The van der Waals surface area contributed by atoms with Gasteiger partial charge in [0.15, 0.2) is 5.65 Å². The average molecular weight is 421 g/mol. The lowest BCUT2D eigenvalue weighted by Gasteiger charge is -2.22. The number of hydrogen-bond acceptors (Lipinski definition) is 4. The van der Waals surface area contributed by atoms with Gasteiger partial charge in [0.1, 0.15) is 5.75 Å². The Morgan fingerprint density at radius 3 is 2.53 bits per heavy atom. The fraction of sp³-hybridized carbons (Fsp3) is 0.217. The Kier molecular flexibility index (Phi) is 5.71. The molecule has 154 valence electrons. The summed E-state index contributed by atoms with van der Waals surface area (Å²) in [6.07, 6.45) is 4.16. The number of aromatic amines is 1. The van der Waals surface area contributed by atoms with Gasteiger partial charge in [-0.2, -0.15) is 0 Å². The van der Waals surface area contributed by atoms with Gasteiger partial charge >= 0.3 is 0 Å². The summed E-state index contributed by atoms with van der Waals surface area (Å²) in [5.74, 6) is 0.775. The highest BCUT2D eigenvalue weighted by Crippen LogP contribution is 2.30. The first-order chi connectivity index (χ1) is 14.5. The Morgan fingerprint density at radius 1 is 1.10 bits per heavy atom. The van der Waals surface area contributed by atoms with E-state index >= 15 is 0 Å². The lowest BCUT2D eigenvalue weighted by atomic mass is 10.1. The standard InChI is InChI=1S/C23H24N3O3P/c1-23(2,29-30)12-13-28-18-10-8-16(9-11-18)19-14-26(17-6-4-3-5-7-17)21-20(19)22(27)25-15-24-21/h3-11,14-15H,12-13,30H2,1-2H3,(H,24,25,27). The van der Waals surface area contributed by atoms with E-state index in [1.807, 2.05) is 79.2 Å². The molecule has 30 heavy (non-hydrogen) atoms. The topological polar surface area (TPSA) is 69.1 Å². The van der Waals surface area contributed by atoms with Crippen molar-refractivity contribution in [2.75, 3.05) is 6.61 Å². The molecule has 0 aliphatic carbocycles. The van der Waals surface area contributed by atoms with E-state index in [1.165, 1.54) is 6.33 Å². The minimum atomic E-state index is -0.252. The maximum atomic E-state index is 12.6. The van der Waals surface area contributed by atoms with Crippen LogP contribution >= 0.6 is 9.47 Å². The van der Waals surface area contributed by atoms with Crippen molar-refractivity contribution < 1.29 is 9.26 Å². The number of benzene rings is 2. The largest absolute Gasteiger partial charge is 0.493 e. The van der Waals surface area contributed by atoms with Gasteiger partial charge in [-0.1, -0.05) is 30.3 Å². The highest BCUT2D eigenvalue weighted by Gasteiger charge is 2.17. The molecule has 0 aliphatic rings. The smallest absolute Gasteiger partial charge is 0.260 e. The van der Waals surface area contributed by atoms with Gasteiger partial charge in [-0.15, -0.1) is 0 Å². The molecule has 1 unspecified atom stereocenters. The van der Waals surface area contributed by atoms with Crippen molar-refractivity contribution in [3.05, 3.63) is 77.5 Å². The molecule has 7 heteroatoms. The minimum Gasteiger partial charge on any atom is -0.493 e. The lowest BCUT2D eigenvalue weighted by molar-refractivity contribution is 0.104. The molecule has 0 amide bonds. The lowest BCUT2D eigenvalue weighted by Crippen LogP contribution is -2.22. The second-order valence-corrected chi connectivity index (χ2v) is 7.91. The molecule has 0 fully saturated rings. The van der Waals surface area contributed by atoms with E-state index in [1.54, 1.807) is 0 Å². The molecule has 1 atom stereocenters. The molecule has 0 saturated carbocycles. The maximum absolute atomic E-state index is 12.6. The summed E-state index contributed by atoms with van der Waals surface area (Å²) in [6.45, 7) is 4.58. The normalized spacial score (nSPS) is 11.7. The number of hydrogen-bond donors (Lipinski definition) is 1. The van der Waals surface area contributed by atoms with E-state index in [4.69, 9.17) is 9.26 Å². The van der Waals surface area contributed by atoms with Gasteiger partial charge in [-0.3, -0.25) is 4.79 Å². The molecule has 1 N–H and O–H groups in total. The van der Waals surface area contributed by atoms with E-state index < -0.39 is 0 Å². The summed E-state index contributed by atoms with van der Waals surface area (Å²) < 4.78 is 13.1. The van der Waals surface area contributed by atoms with Gasteiger partial charge in [0, 0.05) is 33.3 Å². The highest BCUT2D eigenvalue weighted by molar-refractivity contribution is 7.09. The van der Waals surface area contributed by atoms with Crippen LogP contribution in [-0.2, 0) is 4.52 Å². The van der Waals surface area contributed by atoms with Crippen molar-refractivity contribution in [3.63, 3.8) is 0 Å². The summed E-state index contributed by atoms with van der Waals surface area (Å²) in [6, 6.07) is 17.6. The Balaban J connectivity index is 1.66. The van der Waals surface area contributed by atoms with Crippen LogP contribution in [0.3, 0.4) is 0 Å². The van der Waals surface area contributed by atoms with Crippen LogP contribution in [0.25, 0.3) is 27.8 Å². The second-order valence-electron chi connectivity index (χ2n) is 7.68. The zero-order valence-electron chi connectivity index (χ0n) is 17.0. The van der Waals surface area contributed by atoms with Crippen molar-refractivity contribution in [1.29, 1.82) is 0 Å². The number of rotatable bonds is 7. The van der Waals surface area contributed by atoms with E-state index in [0.29, 0.717) is 17.6 Å². The summed E-state index contributed by atoms with van der Waals surface area (Å²) in [7, 11) is 2.30. The molecule has 2 heterocycles. The molecule has 0 radical (unpaired) electrons. The van der Waals surface area contributed by atoms with Crippen LogP contribution in [0.15, 0.2) is 71.9 Å². The van der Waals surface area contributed by atoms with Crippen molar-refractivity contribution in [2.45, 2.75) is 25.9 Å². The van der Waals surface area contributed by atoms with Crippen LogP contribution < -0.4 is 10.3 Å². The predicted octanol–water partition coefficient (Wildman–Crippen LogP) is 4.74. The zero-order chi connectivity index (χ0) is 21.1. The molecule has 0 bridgehead atoms. The Hall–Kier alpha value is -2.95. The predicted molar refractivity (Wildman–Crippen MR) is 122 cm³/mol. The molecule has 2 aromatic heterocycles. The van der Waals surface area contributed by atoms with Crippen molar-refractivity contribution >= 4 is 20.5 Å². The third-order valence-corrected chi connectivity index (χ3v) is 5.72. The number of aromatic nitrogens is 3. The van der Waals surface area contributed by atoms with Crippen molar-refractivity contribution in [2.24, 2.45) is 0 Å². The molecular weight excluding hydrogens is 397 g/mol. The SMILES string of the molecule is CC(C)(CCOc1ccc(-c2cn(-c3ccccc3)c3nc[nH]c(=O)c23)cc1)OP. The third-order valence-electron chi connectivity index (χ3n) is 5.08. The van der Waals surface area contributed by atoms with Crippen molar-refractivity contribution in [1.82, 2.24) is 14.5 Å². The van der Waals surface area contributed by atoms with E-state index in [0.717, 1.165) is 29.0 Å². The maximum Gasteiger partial charge on any atom is 0.260 e. The molecule has 0 spiro atoms. The quantitative estimate of drug-likeness (QED) is 0.438. The van der Waals surface area contributed by atoms with E-state index in [9.17, 15) is 4.79 Å². The first-order valence-electron chi connectivity index (χ1n) is 9.74. The number of fused-ring (bicyclic) bond motifs is 1. The molecule has 6 nitrogen and oxygen atoms in total. The molecule has 0 saturated heterocycles. The average Bonchev–Trinajstić information content (AvgIpc) is 3.16. The number of nitrogens with one attached hydrogen (secondary N) is 1. The summed E-state index contributed by atoms with van der Waals surface area (Å²) in [5, 5.41) is 0.564. The van der Waals surface area contributed by atoms with Crippen LogP contribution in [0.2, 0.25) is 0 Å². The monoisotopic (exact) mass is 421 g/mol. The Bertz CT molecular complexity index is 1200. The molecular formula is C23H24N3O3P. The van der Waals surface area contributed by atoms with Crippen LogP contribution in [0.4, 0.5) is 0 Å². The minimum absolute atomic E-state index is 0.162. The van der Waals surface area contributed by atoms with Gasteiger partial charge in [0.2, 0.25) is 0 Å². The van der Waals surface area contributed by atoms with Gasteiger partial charge in [-0.25, -0.2) is 4.98 Å². The Labute approximate surface area is 177 Å². The first kappa shape index (κ1) is 20.3. The molecule has 4 aromatic rings. The number of para-hydroxylation sites is 1. The van der Waals surface area contributed by atoms with Gasteiger partial charge in [0.05, 0.1) is 23.9 Å². The Morgan fingerprint density at radius 2 is 1.83 bits per heavy atom. The second kappa shape index (κ2) is 8.42. The van der Waals surface area contributed by atoms with Crippen LogP contribution in [0, 0.1) is 0 Å². The van der Waals surface area contributed by atoms with Gasteiger partial charge in [-0.05, 0) is 43.7 Å². The van der Waals surface area contributed by atoms with Crippen molar-refractivity contribution in [3.8, 4) is 22.6 Å². The zero-order valence-corrected chi connectivity index (χ0v) is 18.1. The van der Waals surface area contributed by atoms with Gasteiger partial charge < -0.3 is 18.8 Å². The fourth-order valence-corrected chi connectivity index (χ4v) is 3.40. The highest BCUT2D eigenvalue weighted by atomic mass is 31.0. The molecule has 4 rings (SSSR count). The molecule has 0 aliphatic heterocycles. The fourth-order valence-electron chi connectivity index (χ4n) is 3.28. The van der Waals surface area contributed by atoms with Crippen LogP contribution in [0.5, 0.6) is 5.75 Å². The number of H-pyrrole nitrogens is 1. The van der Waals surface area contributed by atoms with Crippen LogP contribution in [-0.4, -0.2) is 26.7 Å². The summed E-state index contributed by atoms with van der Waals surface area (Å²) in [4.78, 5) is 19.7. The number of ether oxygens (including phenoxy) is 1. The van der Waals surface area contributed by atoms with Gasteiger partial charge in [0.25, 0.3) is 5.56 Å². The third kappa shape index (κ3) is 4.16. The summed E-state index contributed by atoms with van der Waals surface area (Å²) >= 11 is 0.